The topological polar surface area (TPSA) is 72.6 Å². The lowest BCUT2D eigenvalue weighted by atomic mass is 9.88. The number of ether oxygens (including phenoxy) is 1. The van der Waals surface area contributed by atoms with Crippen LogP contribution in [-0.2, 0) is 17.6 Å². The number of carboxylic acids is 1. The van der Waals surface area contributed by atoms with Gasteiger partial charge in [-0.05, 0) is 84.7 Å². The number of nitrogens with zero attached hydrogens (tertiary/aromatic N) is 1. The van der Waals surface area contributed by atoms with Crippen LogP contribution in [-0.4, -0.2) is 22.7 Å². The van der Waals surface area contributed by atoms with E-state index in [9.17, 15) is 9.90 Å². The third-order valence-corrected chi connectivity index (χ3v) is 6.79. The van der Waals surface area contributed by atoms with Crippen LogP contribution in [0.2, 0.25) is 0 Å². The molecular weight excluding hydrogens is 438 g/mol. The molecule has 5 nitrogen and oxygen atoms in total. The first kappa shape index (κ1) is 22.9. The first-order valence-corrected chi connectivity index (χ1v) is 12.1. The summed E-state index contributed by atoms with van der Waals surface area (Å²) in [5.41, 5.74) is 7.59. The summed E-state index contributed by atoms with van der Waals surface area (Å²) in [6.45, 7) is 4.50. The van der Waals surface area contributed by atoms with Gasteiger partial charge >= 0.3 is 5.97 Å². The molecule has 1 aliphatic rings. The van der Waals surface area contributed by atoms with Gasteiger partial charge in [-0.2, -0.15) is 0 Å². The Kier molecular flexibility index (Phi) is 6.41. The Bertz CT molecular complexity index is 1360. The smallest absolute Gasteiger partial charge is 0.303 e. The standard InChI is InChI=1S/C30H29NO4/c1-19-8-6-7-11-25(19)26-18-24(16-22-12-13-23(29(22)26)17-28(32)33)34-15-14-27-20(2)35-30(31-27)21-9-4-3-5-10-21/h3-11,16,18,23H,12-15,17H2,1-2H3,(H,32,33). The summed E-state index contributed by atoms with van der Waals surface area (Å²) in [7, 11) is 0. The molecule has 1 N–H and O–H groups in total. The average Bonchev–Trinajstić information content (AvgIpc) is 3.42. The molecule has 35 heavy (non-hydrogen) atoms. The van der Waals surface area contributed by atoms with Crippen LogP contribution < -0.4 is 4.74 Å². The summed E-state index contributed by atoms with van der Waals surface area (Å²) in [4.78, 5) is 16.2. The summed E-state index contributed by atoms with van der Waals surface area (Å²) in [6, 6.07) is 22.3. The molecular formula is C30H29NO4. The molecule has 0 amide bonds. The van der Waals surface area contributed by atoms with Crippen LogP contribution in [0.25, 0.3) is 22.6 Å². The Hall–Kier alpha value is -3.86. The summed E-state index contributed by atoms with van der Waals surface area (Å²) in [6.07, 6.45) is 2.51. The summed E-state index contributed by atoms with van der Waals surface area (Å²) < 4.78 is 12.1. The minimum Gasteiger partial charge on any atom is -0.493 e. The maximum atomic E-state index is 11.5. The molecule has 1 heterocycles. The predicted octanol–water partition coefficient (Wildman–Crippen LogP) is 6.75. The summed E-state index contributed by atoms with van der Waals surface area (Å²) in [5.74, 6) is 1.51. The zero-order valence-corrected chi connectivity index (χ0v) is 20.1. The summed E-state index contributed by atoms with van der Waals surface area (Å²) >= 11 is 0. The van der Waals surface area contributed by atoms with Crippen molar-refractivity contribution in [2.75, 3.05) is 6.61 Å². The van der Waals surface area contributed by atoms with E-state index in [4.69, 9.17) is 9.15 Å². The lowest BCUT2D eigenvalue weighted by Crippen LogP contribution is -2.06. The Morgan fingerprint density at radius 1 is 1.06 bits per heavy atom. The lowest BCUT2D eigenvalue weighted by molar-refractivity contribution is -0.137. The van der Waals surface area contributed by atoms with Crippen molar-refractivity contribution in [1.82, 2.24) is 4.98 Å². The van der Waals surface area contributed by atoms with Crippen molar-refractivity contribution in [1.29, 1.82) is 0 Å². The maximum Gasteiger partial charge on any atom is 0.303 e. The fourth-order valence-corrected chi connectivity index (χ4v) is 5.07. The van der Waals surface area contributed by atoms with Crippen LogP contribution in [0, 0.1) is 13.8 Å². The van der Waals surface area contributed by atoms with Gasteiger partial charge in [0.1, 0.15) is 11.5 Å². The first-order chi connectivity index (χ1) is 17.0. The van der Waals surface area contributed by atoms with Crippen molar-refractivity contribution in [2.24, 2.45) is 0 Å². The number of aliphatic carboxylic acids is 1. The Morgan fingerprint density at radius 3 is 2.60 bits per heavy atom. The quantitative estimate of drug-likeness (QED) is 0.310. The molecule has 178 valence electrons. The fourth-order valence-electron chi connectivity index (χ4n) is 5.07. The van der Waals surface area contributed by atoms with Gasteiger partial charge in [-0.15, -0.1) is 0 Å². The van der Waals surface area contributed by atoms with Crippen molar-refractivity contribution >= 4 is 5.97 Å². The number of aromatic nitrogens is 1. The van der Waals surface area contributed by atoms with E-state index in [2.05, 4.69) is 36.2 Å². The number of benzene rings is 3. The van der Waals surface area contributed by atoms with E-state index in [1.807, 2.05) is 49.4 Å². The molecule has 0 spiro atoms. The molecule has 1 aliphatic carbocycles. The van der Waals surface area contributed by atoms with Crippen LogP contribution in [0.15, 0.2) is 71.1 Å². The summed E-state index contributed by atoms with van der Waals surface area (Å²) in [5, 5.41) is 9.45. The van der Waals surface area contributed by atoms with Gasteiger partial charge in [0.2, 0.25) is 5.89 Å². The molecule has 5 rings (SSSR count). The largest absolute Gasteiger partial charge is 0.493 e. The Balaban J connectivity index is 1.39. The molecule has 4 aromatic rings. The molecule has 0 bridgehead atoms. The van der Waals surface area contributed by atoms with Gasteiger partial charge in [0.05, 0.1) is 18.7 Å². The molecule has 3 aromatic carbocycles. The van der Waals surface area contributed by atoms with Crippen molar-refractivity contribution in [3.8, 4) is 28.3 Å². The zero-order valence-electron chi connectivity index (χ0n) is 20.1. The highest BCUT2D eigenvalue weighted by molar-refractivity contribution is 5.77. The number of fused-ring (bicyclic) bond motifs is 1. The maximum absolute atomic E-state index is 11.5. The van der Waals surface area contributed by atoms with Crippen molar-refractivity contribution in [3.63, 3.8) is 0 Å². The predicted molar refractivity (Wildman–Crippen MR) is 136 cm³/mol. The van der Waals surface area contributed by atoms with Crippen LogP contribution in [0.1, 0.15) is 46.9 Å². The third-order valence-electron chi connectivity index (χ3n) is 6.79. The van der Waals surface area contributed by atoms with Crippen LogP contribution in [0.3, 0.4) is 0 Å². The van der Waals surface area contributed by atoms with E-state index in [1.54, 1.807) is 0 Å². The molecule has 0 radical (unpaired) electrons. The molecule has 1 atom stereocenters. The number of aryl methyl sites for hydroxylation is 3. The fraction of sp³-hybridized carbons (Fsp3) is 0.267. The van der Waals surface area contributed by atoms with Gasteiger partial charge in [-0.3, -0.25) is 4.79 Å². The van der Waals surface area contributed by atoms with E-state index >= 15 is 0 Å². The number of rotatable bonds is 8. The van der Waals surface area contributed by atoms with Gasteiger partial charge in [0.15, 0.2) is 0 Å². The van der Waals surface area contributed by atoms with E-state index in [1.165, 1.54) is 11.1 Å². The average molecular weight is 468 g/mol. The highest BCUT2D eigenvalue weighted by Gasteiger charge is 2.29. The SMILES string of the molecule is Cc1ccccc1-c1cc(OCCc2nc(-c3ccccc3)oc2C)cc2c1C(CC(=O)O)CC2. The van der Waals surface area contributed by atoms with Crippen molar-refractivity contribution < 1.29 is 19.1 Å². The first-order valence-electron chi connectivity index (χ1n) is 12.1. The van der Waals surface area contributed by atoms with Gasteiger partial charge in [-0.1, -0.05) is 42.5 Å². The molecule has 0 saturated carbocycles. The minimum absolute atomic E-state index is 0.0281. The van der Waals surface area contributed by atoms with E-state index in [0.29, 0.717) is 18.9 Å². The van der Waals surface area contributed by atoms with E-state index in [-0.39, 0.29) is 12.3 Å². The van der Waals surface area contributed by atoms with Gasteiger partial charge in [0, 0.05) is 12.0 Å². The van der Waals surface area contributed by atoms with Gasteiger partial charge in [0.25, 0.3) is 0 Å². The highest BCUT2D eigenvalue weighted by Crippen LogP contribution is 2.44. The second-order valence-corrected chi connectivity index (χ2v) is 9.18. The monoisotopic (exact) mass is 467 g/mol. The molecule has 1 unspecified atom stereocenters. The number of carboxylic acid groups (broad SMARTS) is 1. The number of oxazole rings is 1. The van der Waals surface area contributed by atoms with E-state index in [0.717, 1.165) is 52.3 Å². The van der Waals surface area contributed by atoms with Crippen molar-refractivity contribution in [3.05, 3.63) is 94.9 Å². The molecule has 0 saturated heterocycles. The number of hydrogen-bond donors (Lipinski definition) is 1. The molecule has 5 heteroatoms. The molecule has 1 aromatic heterocycles. The number of carbonyl (C=O) groups is 1. The van der Waals surface area contributed by atoms with Crippen molar-refractivity contribution in [2.45, 2.75) is 45.4 Å². The zero-order chi connectivity index (χ0) is 24.4. The molecule has 0 aliphatic heterocycles. The second-order valence-electron chi connectivity index (χ2n) is 9.18. The van der Waals surface area contributed by atoms with Crippen LogP contribution >= 0.6 is 0 Å². The number of hydrogen-bond acceptors (Lipinski definition) is 4. The molecule has 0 fully saturated rings. The highest BCUT2D eigenvalue weighted by atomic mass is 16.5. The second kappa shape index (κ2) is 9.79. The van der Waals surface area contributed by atoms with Gasteiger partial charge in [-0.25, -0.2) is 4.98 Å². The van der Waals surface area contributed by atoms with E-state index < -0.39 is 5.97 Å². The Labute approximate surface area is 205 Å². The normalized spacial score (nSPS) is 14.6. The van der Waals surface area contributed by atoms with Crippen LogP contribution in [0.5, 0.6) is 5.75 Å². The lowest BCUT2D eigenvalue weighted by Gasteiger charge is -2.18. The third kappa shape index (κ3) is 4.85. The van der Waals surface area contributed by atoms with Gasteiger partial charge < -0.3 is 14.3 Å². The Morgan fingerprint density at radius 2 is 1.83 bits per heavy atom. The minimum atomic E-state index is -0.753. The van der Waals surface area contributed by atoms with Crippen LogP contribution in [0.4, 0.5) is 0 Å².